The molecule has 0 bridgehead atoms. The second kappa shape index (κ2) is 15.7. The first-order valence-electron chi connectivity index (χ1n) is 15.1. The molecule has 0 radical (unpaired) electrons. The van der Waals surface area contributed by atoms with Crippen molar-refractivity contribution in [2.75, 3.05) is 31.2 Å². The number of carbonyl (C=O) groups is 2. The number of nitrogens with one attached hydrogen (secondary N) is 1. The number of hydrogen-bond donors (Lipinski definition) is 5. The molecule has 0 aliphatic heterocycles. The first-order chi connectivity index (χ1) is 21.5. The summed E-state index contributed by atoms with van der Waals surface area (Å²) in [5, 5.41) is 29.2. The van der Waals surface area contributed by atoms with E-state index in [1.54, 1.807) is 42.5 Å². The molecule has 1 fully saturated rings. The van der Waals surface area contributed by atoms with E-state index in [4.69, 9.17) is 15.6 Å². The minimum atomic E-state index is -3.92. The van der Waals surface area contributed by atoms with E-state index in [-0.39, 0.29) is 43.5 Å². The van der Waals surface area contributed by atoms with Crippen LogP contribution in [-0.4, -0.2) is 72.2 Å². The van der Waals surface area contributed by atoms with Crippen molar-refractivity contribution in [1.29, 1.82) is 0 Å². The lowest BCUT2D eigenvalue weighted by atomic mass is 9.97. The highest BCUT2D eigenvalue weighted by Gasteiger charge is 2.23. The van der Waals surface area contributed by atoms with Crippen LogP contribution in [0.2, 0.25) is 0 Å². The standard InChI is InChI=1S/C33H41N3O8S/c34-27-14-11-25(12-15-27)30(38)22-36(33(40)41)18-17-23-7-9-24(10-8-23)26-13-16-29(32(39)35-45(42,43)20-4-19-37)31(21-26)44-28-5-2-1-3-6-28/h7-16,21,28,30,37-38H,1-6,17-20,22,34H2,(H,35,39)(H,40,41)/t30-/m0/s1. The number of amides is 2. The number of nitrogens with zero attached hydrogens (tertiary/aromatic N) is 1. The minimum Gasteiger partial charge on any atom is -0.490 e. The van der Waals surface area contributed by atoms with Gasteiger partial charge in [-0.3, -0.25) is 4.79 Å². The molecule has 0 aromatic heterocycles. The fourth-order valence-electron chi connectivity index (χ4n) is 5.28. The van der Waals surface area contributed by atoms with Crippen molar-refractivity contribution in [3.05, 3.63) is 83.4 Å². The van der Waals surface area contributed by atoms with E-state index in [2.05, 4.69) is 4.72 Å². The third-order valence-corrected chi connectivity index (χ3v) is 9.16. The zero-order valence-electron chi connectivity index (χ0n) is 25.1. The van der Waals surface area contributed by atoms with Crippen molar-refractivity contribution in [3.8, 4) is 16.9 Å². The van der Waals surface area contributed by atoms with E-state index in [9.17, 15) is 28.2 Å². The largest absolute Gasteiger partial charge is 0.490 e. The molecule has 3 aromatic carbocycles. The molecule has 45 heavy (non-hydrogen) atoms. The molecule has 0 heterocycles. The Morgan fingerprint density at radius 3 is 2.29 bits per heavy atom. The van der Waals surface area contributed by atoms with E-state index < -0.39 is 28.1 Å². The summed E-state index contributed by atoms with van der Waals surface area (Å²) in [7, 11) is -3.92. The highest BCUT2D eigenvalue weighted by molar-refractivity contribution is 7.90. The average Bonchev–Trinajstić information content (AvgIpc) is 3.02. The second-order valence-electron chi connectivity index (χ2n) is 11.3. The molecule has 1 aliphatic rings. The van der Waals surface area contributed by atoms with Crippen LogP contribution in [-0.2, 0) is 16.4 Å². The Morgan fingerprint density at radius 2 is 1.64 bits per heavy atom. The van der Waals surface area contributed by atoms with Crippen LogP contribution in [0.25, 0.3) is 11.1 Å². The first-order valence-corrected chi connectivity index (χ1v) is 16.8. The van der Waals surface area contributed by atoms with Gasteiger partial charge in [-0.1, -0.05) is 48.9 Å². The van der Waals surface area contributed by atoms with Crippen LogP contribution < -0.4 is 15.2 Å². The number of aliphatic hydroxyl groups excluding tert-OH is 2. The molecular weight excluding hydrogens is 598 g/mol. The number of nitrogens with two attached hydrogens (primary N) is 1. The molecule has 242 valence electrons. The summed E-state index contributed by atoms with van der Waals surface area (Å²) >= 11 is 0. The fourth-order valence-corrected chi connectivity index (χ4v) is 6.28. The molecule has 1 saturated carbocycles. The van der Waals surface area contributed by atoms with Crippen molar-refractivity contribution >= 4 is 27.7 Å². The molecule has 12 heteroatoms. The van der Waals surface area contributed by atoms with Crippen LogP contribution in [0.3, 0.4) is 0 Å². The Kier molecular flexibility index (Phi) is 11.8. The predicted octanol–water partition coefficient (Wildman–Crippen LogP) is 4.35. The smallest absolute Gasteiger partial charge is 0.407 e. The molecule has 2 amide bonds. The minimum absolute atomic E-state index is 0.0168. The maximum Gasteiger partial charge on any atom is 0.407 e. The van der Waals surface area contributed by atoms with Gasteiger partial charge in [0.05, 0.1) is 30.1 Å². The van der Waals surface area contributed by atoms with Crippen molar-refractivity contribution in [3.63, 3.8) is 0 Å². The molecule has 0 saturated heterocycles. The summed E-state index contributed by atoms with van der Waals surface area (Å²) in [5.41, 5.74) is 9.45. The summed E-state index contributed by atoms with van der Waals surface area (Å²) < 4.78 is 33.0. The van der Waals surface area contributed by atoms with E-state index in [0.29, 0.717) is 23.4 Å². The highest BCUT2D eigenvalue weighted by atomic mass is 32.2. The van der Waals surface area contributed by atoms with E-state index >= 15 is 0 Å². The van der Waals surface area contributed by atoms with Crippen LogP contribution in [0.4, 0.5) is 10.5 Å². The number of ether oxygens (including phenoxy) is 1. The number of anilines is 1. The summed E-state index contributed by atoms with van der Waals surface area (Å²) in [6, 6.07) is 19.2. The molecule has 1 atom stereocenters. The fraction of sp³-hybridized carbons (Fsp3) is 0.394. The Labute approximate surface area is 263 Å². The van der Waals surface area contributed by atoms with Crippen molar-refractivity contribution in [2.45, 2.75) is 57.2 Å². The van der Waals surface area contributed by atoms with Gasteiger partial charge in [0, 0.05) is 18.8 Å². The number of benzene rings is 3. The molecule has 11 nitrogen and oxygen atoms in total. The number of rotatable bonds is 14. The van der Waals surface area contributed by atoms with Gasteiger partial charge in [0.15, 0.2) is 0 Å². The van der Waals surface area contributed by atoms with E-state index in [1.807, 2.05) is 24.3 Å². The lowest BCUT2D eigenvalue weighted by molar-refractivity contribution is 0.0967. The van der Waals surface area contributed by atoms with Crippen LogP contribution in [0.5, 0.6) is 5.75 Å². The molecule has 3 aromatic rings. The normalized spacial score (nSPS) is 14.4. The molecule has 1 aliphatic carbocycles. The Hall–Kier alpha value is -4.13. The lowest BCUT2D eigenvalue weighted by Crippen LogP contribution is -2.35. The molecule has 0 spiro atoms. The lowest BCUT2D eigenvalue weighted by Gasteiger charge is -2.24. The molecule has 4 rings (SSSR count). The predicted molar refractivity (Wildman–Crippen MR) is 171 cm³/mol. The van der Waals surface area contributed by atoms with Gasteiger partial charge in [-0.2, -0.15) is 0 Å². The first kappa shape index (κ1) is 33.8. The van der Waals surface area contributed by atoms with Gasteiger partial charge < -0.3 is 30.7 Å². The highest BCUT2D eigenvalue weighted by Crippen LogP contribution is 2.31. The Bertz CT molecular complexity index is 1540. The van der Waals surface area contributed by atoms with Crippen molar-refractivity contribution in [2.24, 2.45) is 0 Å². The van der Waals surface area contributed by atoms with Crippen LogP contribution in [0.1, 0.15) is 66.1 Å². The summed E-state index contributed by atoms with van der Waals surface area (Å²) in [5.74, 6) is -0.855. The van der Waals surface area contributed by atoms with Crippen molar-refractivity contribution < 1.29 is 38.1 Å². The molecule has 0 unspecified atom stereocenters. The van der Waals surface area contributed by atoms with Gasteiger partial charge in [-0.05, 0) is 85.0 Å². The number of nitrogen functional groups attached to an aromatic ring is 1. The maximum atomic E-state index is 13.0. The van der Waals surface area contributed by atoms with Gasteiger partial charge >= 0.3 is 6.09 Å². The zero-order valence-corrected chi connectivity index (χ0v) is 25.9. The van der Waals surface area contributed by atoms with E-state index in [0.717, 1.165) is 48.8 Å². The average molecular weight is 640 g/mol. The number of sulfonamides is 1. The summed E-state index contributed by atoms with van der Waals surface area (Å²) in [4.78, 5) is 26.1. The van der Waals surface area contributed by atoms with Crippen LogP contribution in [0.15, 0.2) is 66.7 Å². The van der Waals surface area contributed by atoms with Crippen LogP contribution >= 0.6 is 0 Å². The SMILES string of the molecule is Nc1ccc([C@@H](O)CN(CCc2ccc(-c3ccc(C(=O)NS(=O)(=O)CCCO)c(OC4CCCCC4)c3)cc2)C(=O)O)cc1. The van der Waals surface area contributed by atoms with E-state index in [1.165, 1.54) is 4.90 Å². The number of hydrogen-bond acceptors (Lipinski definition) is 8. The Morgan fingerprint density at radius 1 is 0.978 bits per heavy atom. The summed E-state index contributed by atoms with van der Waals surface area (Å²) in [6.07, 6.45) is 3.10. The van der Waals surface area contributed by atoms with Crippen molar-refractivity contribution in [1.82, 2.24) is 9.62 Å². The maximum absolute atomic E-state index is 13.0. The quantitative estimate of drug-likeness (QED) is 0.160. The topological polar surface area (TPSA) is 179 Å². The molecule has 6 N–H and O–H groups in total. The number of carbonyl (C=O) groups excluding carboxylic acids is 1. The van der Waals surface area contributed by atoms with Gasteiger partial charge in [-0.25, -0.2) is 17.9 Å². The van der Waals surface area contributed by atoms with Gasteiger partial charge in [0.2, 0.25) is 10.0 Å². The molecular formula is C33H41N3O8S. The third-order valence-electron chi connectivity index (χ3n) is 7.83. The van der Waals surface area contributed by atoms with Gasteiger partial charge in [-0.15, -0.1) is 0 Å². The summed E-state index contributed by atoms with van der Waals surface area (Å²) in [6.45, 7) is -0.195. The second-order valence-corrected chi connectivity index (χ2v) is 13.1. The number of aliphatic hydroxyl groups is 2. The Balaban J connectivity index is 1.47. The zero-order chi connectivity index (χ0) is 32.4. The van der Waals surface area contributed by atoms with Gasteiger partial charge in [0.25, 0.3) is 5.91 Å². The van der Waals surface area contributed by atoms with Crippen LogP contribution in [0, 0.1) is 0 Å². The van der Waals surface area contributed by atoms with Gasteiger partial charge in [0.1, 0.15) is 5.75 Å². The number of carboxylic acid groups (broad SMARTS) is 1. The monoisotopic (exact) mass is 639 g/mol. The third kappa shape index (κ3) is 9.93.